The number of thioether (sulfide) groups is 1. The van der Waals surface area contributed by atoms with Crippen LogP contribution >= 0.6 is 23.1 Å². The largest absolute Gasteiger partial charge is 0.467 e. The molecule has 0 spiro atoms. The van der Waals surface area contributed by atoms with Crippen LogP contribution in [-0.2, 0) is 16.1 Å². The molecule has 3 aromatic rings. The zero-order valence-corrected chi connectivity index (χ0v) is 17.3. The third-order valence-corrected chi connectivity index (χ3v) is 5.66. The Labute approximate surface area is 170 Å². The van der Waals surface area contributed by atoms with E-state index < -0.39 is 5.97 Å². The van der Waals surface area contributed by atoms with Crippen molar-refractivity contribution in [1.29, 1.82) is 0 Å². The minimum Gasteiger partial charge on any atom is -0.467 e. The number of esters is 1. The zero-order chi connectivity index (χ0) is 20.1. The maximum atomic E-state index is 12.4. The minimum absolute atomic E-state index is 0.130. The van der Waals surface area contributed by atoms with Crippen molar-refractivity contribution in [3.05, 3.63) is 46.3 Å². The van der Waals surface area contributed by atoms with Crippen molar-refractivity contribution < 1.29 is 18.7 Å². The van der Waals surface area contributed by atoms with Gasteiger partial charge in [-0.05, 0) is 23.6 Å². The molecule has 8 nitrogen and oxygen atoms in total. The maximum Gasteiger partial charge on any atom is 0.350 e. The molecular formula is C18H20N4O4S2. The molecule has 0 atom stereocenters. The summed E-state index contributed by atoms with van der Waals surface area (Å²) in [6, 6.07) is 5.39. The third kappa shape index (κ3) is 4.63. The lowest BCUT2D eigenvalue weighted by Gasteiger charge is -2.10. The Bertz CT molecular complexity index is 947. The summed E-state index contributed by atoms with van der Waals surface area (Å²) in [6.07, 6.45) is 1.62. The second-order valence-electron chi connectivity index (χ2n) is 6.15. The van der Waals surface area contributed by atoms with Gasteiger partial charge in [0.1, 0.15) is 16.5 Å². The summed E-state index contributed by atoms with van der Waals surface area (Å²) in [7, 11) is 1.31. The van der Waals surface area contributed by atoms with Crippen LogP contribution in [0.4, 0.5) is 5.69 Å². The SMILES string of the molecule is COC(=O)c1sccc1NC(=O)CSc1nnc(C(C)C)n1Cc1ccco1. The highest BCUT2D eigenvalue weighted by Crippen LogP contribution is 2.25. The van der Waals surface area contributed by atoms with Crippen molar-refractivity contribution in [2.75, 3.05) is 18.2 Å². The summed E-state index contributed by atoms with van der Waals surface area (Å²) >= 11 is 2.50. The van der Waals surface area contributed by atoms with E-state index in [1.54, 1.807) is 17.7 Å². The van der Waals surface area contributed by atoms with E-state index >= 15 is 0 Å². The van der Waals surface area contributed by atoms with Gasteiger partial charge in [0.05, 0.1) is 31.4 Å². The summed E-state index contributed by atoms with van der Waals surface area (Å²) in [5.41, 5.74) is 0.447. The molecule has 0 saturated heterocycles. The van der Waals surface area contributed by atoms with Crippen molar-refractivity contribution in [1.82, 2.24) is 14.8 Å². The topological polar surface area (TPSA) is 99.2 Å². The normalized spacial score (nSPS) is 11.0. The maximum absolute atomic E-state index is 12.4. The van der Waals surface area contributed by atoms with Crippen LogP contribution < -0.4 is 5.32 Å². The quantitative estimate of drug-likeness (QED) is 0.439. The van der Waals surface area contributed by atoms with E-state index in [1.807, 2.05) is 30.5 Å². The van der Waals surface area contributed by atoms with Gasteiger partial charge < -0.3 is 14.5 Å². The molecule has 28 heavy (non-hydrogen) atoms. The Kier molecular flexibility index (Phi) is 6.53. The molecule has 0 aromatic carbocycles. The molecule has 0 aliphatic rings. The smallest absolute Gasteiger partial charge is 0.350 e. The first-order valence-corrected chi connectivity index (χ1v) is 10.4. The van der Waals surface area contributed by atoms with Gasteiger partial charge >= 0.3 is 5.97 Å². The molecule has 0 radical (unpaired) electrons. The molecule has 0 aliphatic carbocycles. The molecule has 1 amide bonds. The number of hydrogen-bond donors (Lipinski definition) is 1. The van der Waals surface area contributed by atoms with E-state index in [0.717, 1.165) is 11.6 Å². The number of nitrogens with one attached hydrogen (secondary N) is 1. The van der Waals surface area contributed by atoms with E-state index in [4.69, 9.17) is 9.15 Å². The summed E-state index contributed by atoms with van der Waals surface area (Å²) in [5.74, 6) is 1.20. The number of carbonyl (C=O) groups is 2. The highest BCUT2D eigenvalue weighted by atomic mass is 32.2. The first kappa shape index (κ1) is 20.2. The van der Waals surface area contributed by atoms with Gasteiger partial charge in [-0.25, -0.2) is 4.79 Å². The number of hydrogen-bond acceptors (Lipinski definition) is 8. The van der Waals surface area contributed by atoms with Gasteiger partial charge in [0.25, 0.3) is 0 Å². The van der Waals surface area contributed by atoms with Crippen LogP contribution in [0.2, 0.25) is 0 Å². The zero-order valence-electron chi connectivity index (χ0n) is 15.7. The summed E-state index contributed by atoms with van der Waals surface area (Å²) < 4.78 is 12.1. The molecule has 0 bridgehead atoms. The molecular weight excluding hydrogens is 400 g/mol. The first-order valence-electron chi connectivity index (χ1n) is 8.53. The number of methoxy groups -OCH3 is 1. The first-order chi connectivity index (χ1) is 13.5. The number of nitrogens with zero attached hydrogens (tertiary/aromatic N) is 3. The lowest BCUT2D eigenvalue weighted by molar-refractivity contribution is -0.113. The predicted octanol–water partition coefficient (Wildman–Crippen LogP) is 3.62. The van der Waals surface area contributed by atoms with Crippen LogP contribution in [0.3, 0.4) is 0 Å². The summed E-state index contributed by atoms with van der Waals surface area (Å²) in [6.45, 7) is 4.57. The Morgan fingerprint density at radius 1 is 1.36 bits per heavy atom. The fourth-order valence-corrected chi connectivity index (χ4v) is 4.03. The van der Waals surface area contributed by atoms with Crippen LogP contribution in [0.15, 0.2) is 39.4 Å². The number of ether oxygens (including phenoxy) is 1. The van der Waals surface area contributed by atoms with Crippen LogP contribution in [0.25, 0.3) is 0 Å². The van der Waals surface area contributed by atoms with E-state index in [-0.39, 0.29) is 17.6 Å². The summed E-state index contributed by atoms with van der Waals surface area (Å²) in [4.78, 5) is 24.4. The number of aromatic nitrogens is 3. The Balaban J connectivity index is 1.68. The second-order valence-corrected chi connectivity index (χ2v) is 8.01. The molecule has 3 aromatic heterocycles. The van der Waals surface area contributed by atoms with Crippen molar-refractivity contribution in [2.45, 2.75) is 31.5 Å². The Morgan fingerprint density at radius 3 is 2.86 bits per heavy atom. The minimum atomic E-state index is -0.474. The monoisotopic (exact) mass is 420 g/mol. The molecule has 0 unspecified atom stereocenters. The van der Waals surface area contributed by atoms with E-state index in [0.29, 0.717) is 22.3 Å². The van der Waals surface area contributed by atoms with E-state index in [1.165, 1.54) is 30.2 Å². The van der Waals surface area contributed by atoms with Gasteiger partial charge in [0.2, 0.25) is 5.91 Å². The lowest BCUT2D eigenvalue weighted by atomic mass is 10.2. The molecule has 0 aliphatic heterocycles. The van der Waals surface area contributed by atoms with Crippen LogP contribution in [0.5, 0.6) is 0 Å². The molecule has 0 fully saturated rings. The number of thiophene rings is 1. The van der Waals surface area contributed by atoms with Gasteiger partial charge in [0, 0.05) is 5.92 Å². The number of carbonyl (C=O) groups excluding carboxylic acids is 2. The van der Waals surface area contributed by atoms with E-state index in [9.17, 15) is 9.59 Å². The standard InChI is InChI=1S/C18H20N4O4S2/c1-11(2)16-20-21-18(22(16)9-12-5-4-7-26-12)28-10-14(23)19-13-6-8-27-15(13)17(24)25-3/h4-8,11H,9-10H2,1-3H3,(H,19,23). The predicted molar refractivity (Wildman–Crippen MR) is 107 cm³/mol. The molecule has 0 saturated carbocycles. The van der Waals surface area contributed by atoms with Crippen molar-refractivity contribution in [2.24, 2.45) is 0 Å². The number of rotatable bonds is 8. The average molecular weight is 421 g/mol. The van der Waals surface area contributed by atoms with Gasteiger partial charge in [-0.1, -0.05) is 25.6 Å². The molecule has 148 valence electrons. The summed E-state index contributed by atoms with van der Waals surface area (Å²) in [5, 5.41) is 13.6. The molecule has 3 heterocycles. The molecule has 10 heteroatoms. The molecule has 1 N–H and O–H groups in total. The average Bonchev–Trinajstić information content (AvgIpc) is 3.41. The van der Waals surface area contributed by atoms with Crippen molar-refractivity contribution >= 4 is 40.7 Å². The Morgan fingerprint density at radius 2 is 2.18 bits per heavy atom. The highest BCUT2D eigenvalue weighted by molar-refractivity contribution is 7.99. The van der Waals surface area contributed by atoms with Gasteiger partial charge in [0.15, 0.2) is 5.16 Å². The van der Waals surface area contributed by atoms with Crippen molar-refractivity contribution in [3.63, 3.8) is 0 Å². The van der Waals surface area contributed by atoms with Crippen LogP contribution in [0, 0.1) is 0 Å². The van der Waals surface area contributed by atoms with Gasteiger partial charge in [-0.2, -0.15) is 0 Å². The van der Waals surface area contributed by atoms with Crippen molar-refractivity contribution in [3.8, 4) is 0 Å². The lowest BCUT2D eigenvalue weighted by Crippen LogP contribution is -2.16. The fraction of sp³-hybridized carbons (Fsp3) is 0.333. The molecule has 3 rings (SSSR count). The number of furan rings is 1. The number of anilines is 1. The second kappa shape index (κ2) is 9.07. The highest BCUT2D eigenvalue weighted by Gasteiger charge is 2.19. The number of amides is 1. The van der Waals surface area contributed by atoms with Gasteiger partial charge in [-0.15, -0.1) is 21.5 Å². The fourth-order valence-electron chi connectivity index (χ4n) is 2.52. The van der Waals surface area contributed by atoms with Gasteiger partial charge in [-0.3, -0.25) is 9.36 Å². The van der Waals surface area contributed by atoms with Crippen LogP contribution in [-0.4, -0.2) is 39.5 Å². The Hall–Kier alpha value is -2.59. The van der Waals surface area contributed by atoms with Crippen LogP contribution in [0.1, 0.15) is 41.0 Å². The third-order valence-electron chi connectivity index (χ3n) is 3.80. The van der Waals surface area contributed by atoms with E-state index in [2.05, 4.69) is 15.5 Å².